The summed E-state index contributed by atoms with van der Waals surface area (Å²) < 4.78 is 26.3. The van der Waals surface area contributed by atoms with E-state index in [1.807, 2.05) is 0 Å². The highest BCUT2D eigenvalue weighted by Gasteiger charge is 2.29. The third kappa shape index (κ3) is 3.70. The molecule has 1 aliphatic heterocycles. The van der Waals surface area contributed by atoms with Gasteiger partial charge in [-0.05, 0) is 31.9 Å². The number of nitrogens with zero attached hydrogens (tertiary/aromatic N) is 2. The highest BCUT2D eigenvalue weighted by molar-refractivity contribution is 7.89. The van der Waals surface area contributed by atoms with Gasteiger partial charge in [-0.1, -0.05) is 0 Å². The van der Waals surface area contributed by atoms with Gasteiger partial charge < -0.3 is 5.73 Å². The summed E-state index contributed by atoms with van der Waals surface area (Å²) in [5, 5.41) is 10.8. The van der Waals surface area contributed by atoms with Crippen molar-refractivity contribution in [2.24, 2.45) is 5.73 Å². The number of halogens is 1. The molecule has 2 N–H and O–H groups in total. The van der Waals surface area contributed by atoms with Crippen molar-refractivity contribution < 1.29 is 13.3 Å². The Hall–Kier alpha value is -1.22. The molecule has 1 aromatic rings. The molecule has 9 heteroatoms. The van der Waals surface area contributed by atoms with Crippen LogP contribution in [0.2, 0.25) is 0 Å². The average molecular weight is 336 g/mol. The third-order valence-electron chi connectivity index (χ3n) is 3.42. The van der Waals surface area contributed by atoms with Crippen molar-refractivity contribution in [3.63, 3.8) is 0 Å². The predicted octanol–water partition coefficient (Wildman–Crippen LogP) is 1.44. The summed E-state index contributed by atoms with van der Waals surface area (Å²) in [4.78, 5) is 10.3. The summed E-state index contributed by atoms with van der Waals surface area (Å²) in [6, 6.07) is 3.69. The highest BCUT2D eigenvalue weighted by Crippen LogP contribution is 2.25. The number of nitro groups is 1. The molecule has 0 radical (unpaired) electrons. The van der Waals surface area contributed by atoms with Gasteiger partial charge in [0.15, 0.2) is 0 Å². The van der Waals surface area contributed by atoms with Crippen molar-refractivity contribution in [3.8, 4) is 0 Å². The molecule has 1 aliphatic rings. The van der Waals surface area contributed by atoms with Gasteiger partial charge in [0.2, 0.25) is 10.0 Å². The van der Waals surface area contributed by atoms with Crippen LogP contribution in [0.4, 0.5) is 5.69 Å². The second kappa shape index (κ2) is 6.69. The van der Waals surface area contributed by atoms with Gasteiger partial charge in [-0.3, -0.25) is 10.1 Å². The Morgan fingerprint density at radius 3 is 2.62 bits per heavy atom. The van der Waals surface area contributed by atoms with Crippen LogP contribution in [0.3, 0.4) is 0 Å². The normalized spacial score (nSPS) is 19.8. The first-order chi connectivity index (χ1) is 9.32. The maximum atomic E-state index is 12.5. The van der Waals surface area contributed by atoms with E-state index in [1.54, 1.807) is 0 Å². The molecule has 0 saturated carbocycles. The molecule has 1 heterocycles. The van der Waals surface area contributed by atoms with Crippen molar-refractivity contribution in [3.05, 3.63) is 33.9 Å². The highest BCUT2D eigenvalue weighted by atomic mass is 35.5. The maximum Gasteiger partial charge on any atom is 0.272 e. The molecule has 0 amide bonds. The first-order valence-corrected chi connectivity index (χ1v) is 7.77. The minimum absolute atomic E-state index is 0. The first-order valence-electron chi connectivity index (χ1n) is 6.33. The predicted molar refractivity (Wildman–Crippen MR) is 81.0 cm³/mol. The molecule has 1 saturated heterocycles. The van der Waals surface area contributed by atoms with Crippen molar-refractivity contribution in [1.82, 2.24) is 4.31 Å². The number of rotatable bonds is 3. The lowest BCUT2D eigenvalue weighted by Gasteiger charge is -2.29. The lowest BCUT2D eigenvalue weighted by atomic mass is 10.1. The molecule has 1 unspecified atom stereocenters. The number of hydrogen-bond donors (Lipinski definition) is 1. The molecule has 1 fully saturated rings. The van der Waals surface area contributed by atoms with Gasteiger partial charge in [-0.25, -0.2) is 8.42 Å². The molecule has 1 atom stereocenters. The van der Waals surface area contributed by atoms with Crippen molar-refractivity contribution >= 4 is 28.1 Å². The maximum absolute atomic E-state index is 12.5. The molecule has 118 valence electrons. The van der Waals surface area contributed by atoms with E-state index in [0.717, 1.165) is 12.8 Å². The number of nitro benzene ring substituents is 1. The van der Waals surface area contributed by atoms with Gasteiger partial charge in [0.1, 0.15) is 0 Å². The van der Waals surface area contributed by atoms with E-state index in [-0.39, 0.29) is 29.0 Å². The molecule has 0 aliphatic carbocycles. The molecule has 1 aromatic carbocycles. The van der Waals surface area contributed by atoms with Crippen LogP contribution in [-0.2, 0) is 10.0 Å². The Labute approximate surface area is 129 Å². The quantitative estimate of drug-likeness (QED) is 0.664. The Morgan fingerprint density at radius 2 is 2.10 bits per heavy atom. The molecule has 7 nitrogen and oxygen atoms in total. The summed E-state index contributed by atoms with van der Waals surface area (Å²) in [6.07, 6.45) is 1.54. The van der Waals surface area contributed by atoms with E-state index in [0.29, 0.717) is 18.7 Å². The summed E-state index contributed by atoms with van der Waals surface area (Å²) in [6.45, 7) is 2.25. The van der Waals surface area contributed by atoms with Gasteiger partial charge >= 0.3 is 0 Å². The fourth-order valence-corrected chi connectivity index (χ4v) is 3.96. The molecule has 0 aromatic heterocycles. The smallest absolute Gasteiger partial charge is 0.272 e. The lowest BCUT2D eigenvalue weighted by molar-refractivity contribution is -0.385. The van der Waals surface area contributed by atoms with Crippen LogP contribution in [0, 0.1) is 17.0 Å². The fourth-order valence-electron chi connectivity index (χ4n) is 2.33. The fraction of sp³-hybridized carbons (Fsp3) is 0.500. The Morgan fingerprint density at radius 1 is 1.43 bits per heavy atom. The first kappa shape index (κ1) is 17.8. The van der Waals surface area contributed by atoms with Crippen LogP contribution in [-0.4, -0.2) is 36.8 Å². The van der Waals surface area contributed by atoms with Crippen LogP contribution < -0.4 is 5.73 Å². The zero-order valence-corrected chi connectivity index (χ0v) is 13.2. The van der Waals surface area contributed by atoms with Crippen molar-refractivity contribution in [1.29, 1.82) is 0 Å². The monoisotopic (exact) mass is 335 g/mol. The largest absolute Gasteiger partial charge is 0.327 e. The third-order valence-corrected chi connectivity index (χ3v) is 5.28. The topological polar surface area (TPSA) is 107 Å². The van der Waals surface area contributed by atoms with Crippen LogP contribution in [0.5, 0.6) is 0 Å². The van der Waals surface area contributed by atoms with Gasteiger partial charge in [-0.15, -0.1) is 12.4 Å². The van der Waals surface area contributed by atoms with Gasteiger partial charge in [0.25, 0.3) is 5.69 Å². The van der Waals surface area contributed by atoms with E-state index in [4.69, 9.17) is 5.73 Å². The molecular formula is C12H18ClN3O4S. The molecule has 21 heavy (non-hydrogen) atoms. The van der Waals surface area contributed by atoms with Crippen LogP contribution in [0.25, 0.3) is 0 Å². The zero-order chi connectivity index (χ0) is 14.9. The standard InChI is InChI=1S/C12H17N3O4S.ClH/c1-9-7-11(4-5-12(9)15(16)17)20(18,19)14-6-2-3-10(13)8-14;/h4-5,7,10H,2-3,6,8,13H2,1H3;1H. The molecule has 2 rings (SSSR count). The zero-order valence-electron chi connectivity index (χ0n) is 11.6. The van der Waals surface area contributed by atoms with E-state index in [9.17, 15) is 18.5 Å². The number of nitrogens with two attached hydrogens (primary N) is 1. The second-order valence-electron chi connectivity index (χ2n) is 4.97. The number of piperidine rings is 1. The van der Waals surface area contributed by atoms with E-state index in [2.05, 4.69) is 0 Å². The summed E-state index contributed by atoms with van der Waals surface area (Å²) in [7, 11) is -3.63. The molecule has 0 spiro atoms. The lowest BCUT2D eigenvalue weighted by Crippen LogP contribution is -2.45. The van der Waals surface area contributed by atoms with E-state index < -0.39 is 14.9 Å². The number of sulfonamides is 1. The number of hydrogen-bond acceptors (Lipinski definition) is 5. The minimum Gasteiger partial charge on any atom is -0.327 e. The Balaban J connectivity index is 0.00000220. The second-order valence-corrected chi connectivity index (χ2v) is 6.91. The van der Waals surface area contributed by atoms with Crippen molar-refractivity contribution in [2.45, 2.75) is 30.7 Å². The molecule has 0 bridgehead atoms. The van der Waals surface area contributed by atoms with E-state index in [1.165, 1.54) is 29.4 Å². The molecular weight excluding hydrogens is 318 g/mol. The summed E-state index contributed by atoms with van der Waals surface area (Å²) in [5.74, 6) is 0. The van der Waals surface area contributed by atoms with Crippen LogP contribution >= 0.6 is 12.4 Å². The average Bonchev–Trinajstić information content (AvgIpc) is 2.38. The van der Waals surface area contributed by atoms with Gasteiger partial charge in [0.05, 0.1) is 9.82 Å². The van der Waals surface area contributed by atoms with Crippen LogP contribution in [0.1, 0.15) is 18.4 Å². The SMILES string of the molecule is Cc1cc(S(=O)(=O)N2CCCC(N)C2)ccc1[N+](=O)[O-].Cl. The number of benzene rings is 1. The van der Waals surface area contributed by atoms with Crippen LogP contribution in [0.15, 0.2) is 23.1 Å². The number of aryl methyl sites for hydroxylation is 1. The van der Waals surface area contributed by atoms with E-state index >= 15 is 0 Å². The minimum atomic E-state index is -3.63. The Bertz CT molecular complexity index is 635. The summed E-state index contributed by atoms with van der Waals surface area (Å²) >= 11 is 0. The Kier molecular flexibility index (Phi) is 5.68. The van der Waals surface area contributed by atoms with Gasteiger partial charge in [0, 0.05) is 30.8 Å². The van der Waals surface area contributed by atoms with Crippen molar-refractivity contribution in [2.75, 3.05) is 13.1 Å². The van der Waals surface area contributed by atoms with Gasteiger partial charge in [-0.2, -0.15) is 4.31 Å². The summed E-state index contributed by atoms with van der Waals surface area (Å²) in [5.41, 5.74) is 6.05.